The number of amides is 1. The summed E-state index contributed by atoms with van der Waals surface area (Å²) in [6, 6.07) is 8.72. The molecule has 2 saturated heterocycles. The molecule has 1 saturated carbocycles. The summed E-state index contributed by atoms with van der Waals surface area (Å²) in [4.78, 5) is 19.1. The Kier molecular flexibility index (Phi) is 5.93. The van der Waals surface area contributed by atoms with Crippen molar-refractivity contribution >= 4 is 5.91 Å². The van der Waals surface area contributed by atoms with Gasteiger partial charge < -0.3 is 9.64 Å². The van der Waals surface area contributed by atoms with E-state index in [4.69, 9.17) is 4.74 Å². The van der Waals surface area contributed by atoms with Crippen molar-refractivity contribution in [3.63, 3.8) is 0 Å². The number of likely N-dealkylation sites (tertiary alicyclic amines) is 1. The van der Waals surface area contributed by atoms with Gasteiger partial charge in [-0.15, -0.1) is 0 Å². The maximum atomic E-state index is 12.2. The van der Waals surface area contributed by atoms with Crippen LogP contribution in [0.3, 0.4) is 0 Å². The molecular formula is C23H35N3O2. The molecule has 0 unspecified atom stereocenters. The van der Waals surface area contributed by atoms with Crippen molar-refractivity contribution in [2.75, 3.05) is 40.3 Å². The second-order valence-corrected chi connectivity index (χ2v) is 9.09. The number of piperazine rings is 1. The van der Waals surface area contributed by atoms with E-state index in [0.29, 0.717) is 18.4 Å². The minimum atomic E-state index is 0.129. The fourth-order valence-electron chi connectivity index (χ4n) is 5.11. The molecule has 154 valence electrons. The van der Waals surface area contributed by atoms with E-state index in [1.165, 1.54) is 31.2 Å². The zero-order valence-electron chi connectivity index (χ0n) is 17.5. The molecule has 1 aromatic rings. The van der Waals surface area contributed by atoms with Crippen molar-refractivity contribution < 1.29 is 9.53 Å². The largest absolute Gasteiger partial charge is 0.490 e. The van der Waals surface area contributed by atoms with Crippen LogP contribution in [0.4, 0.5) is 0 Å². The number of hydrogen-bond acceptors (Lipinski definition) is 4. The molecule has 5 nitrogen and oxygen atoms in total. The van der Waals surface area contributed by atoms with Crippen molar-refractivity contribution in [1.82, 2.24) is 14.7 Å². The monoisotopic (exact) mass is 385 g/mol. The smallest absolute Gasteiger partial charge is 0.222 e. The molecular weight excluding hydrogens is 350 g/mol. The molecule has 0 bridgehead atoms. The molecule has 1 amide bonds. The Morgan fingerprint density at radius 2 is 1.79 bits per heavy atom. The highest BCUT2D eigenvalue weighted by atomic mass is 16.5. The van der Waals surface area contributed by atoms with Crippen LogP contribution in [0.25, 0.3) is 0 Å². The zero-order valence-corrected chi connectivity index (χ0v) is 17.5. The van der Waals surface area contributed by atoms with Gasteiger partial charge in [-0.25, -0.2) is 0 Å². The van der Waals surface area contributed by atoms with Gasteiger partial charge in [0.05, 0.1) is 6.10 Å². The molecule has 1 aromatic carbocycles. The Morgan fingerprint density at radius 3 is 2.54 bits per heavy atom. The lowest BCUT2D eigenvalue weighted by molar-refractivity contribution is -0.129. The van der Waals surface area contributed by atoms with Gasteiger partial charge in [0.1, 0.15) is 5.75 Å². The summed E-state index contributed by atoms with van der Waals surface area (Å²) in [5.41, 5.74) is 1.48. The van der Waals surface area contributed by atoms with Crippen LogP contribution in [0.2, 0.25) is 0 Å². The first kappa shape index (κ1) is 19.7. The minimum Gasteiger partial charge on any atom is -0.490 e. The lowest BCUT2D eigenvalue weighted by Crippen LogP contribution is -2.60. The summed E-state index contributed by atoms with van der Waals surface area (Å²) in [6.07, 6.45) is 8.12. The van der Waals surface area contributed by atoms with Gasteiger partial charge in [-0.3, -0.25) is 14.6 Å². The van der Waals surface area contributed by atoms with Gasteiger partial charge in [-0.1, -0.05) is 12.1 Å². The molecule has 28 heavy (non-hydrogen) atoms. The molecule has 3 fully saturated rings. The summed E-state index contributed by atoms with van der Waals surface area (Å²) < 4.78 is 6.10. The number of carbonyl (C=O) groups excluding carboxylic acids is 1. The van der Waals surface area contributed by atoms with Gasteiger partial charge in [-0.05, 0) is 63.3 Å². The van der Waals surface area contributed by atoms with Crippen molar-refractivity contribution in [2.45, 2.75) is 63.1 Å². The van der Waals surface area contributed by atoms with Crippen LogP contribution in [0.5, 0.6) is 5.75 Å². The SMILES string of the molecule is CN1CC[C@@]2(CCC1=O)CN(Cc1ccc(OC3CCCC3)cc1)CCN2C. The van der Waals surface area contributed by atoms with Gasteiger partial charge in [0.2, 0.25) is 5.91 Å². The first-order valence-corrected chi connectivity index (χ1v) is 11.0. The summed E-state index contributed by atoms with van der Waals surface area (Å²) in [6.45, 7) is 5.04. The number of carbonyl (C=O) groups is 1. The third-order valence-corrected chi connectivity index (χ3v) is 7.16. The molecule has 2 aliphatic heterocycles. The van der Waals surface area contributed by atoms with E-state index < -0.39 is 0 Å². The first-order valence-electron chi connectivity index (χ1n) is 11.0. The lowest BCUT2D eigenvalue weighted by atomic mass is 9.86. The highest BCUT2D eigenvalue weighted by Crippen LogP contribution is 2.32. The Labute approximate surface area is 169 Å². The van der Waals surface area contributed by atoms with Gasteiger partial charge in [-0.2, -0.15) is 0 Å². The van der Waals surface area contributed by atoms with E-state index in [-0.39, 0.29) is 5.54 Å². The fourth-order valence-corrected chi connectivity index (χ4v) is 5.11. The quantitative estimate of drug-likeness (QED) is 0.798. The second kappa shape index (κ2) is 8.42. The highest BCUT2D eigenvalue weighted by molar-refractivity contribution is 5.76. The average Bonchev–Trinajstić information content (AvgIpc) is 3.16. The Hall–Kier alpha value is -1.59. The van der Waals surface area contributed by atoms with Crippen LogP contribution in [-0.4, -0.2) is 72.5 Å². The number of hydrogen-bond donors (Lipinski definition) is 0. The normalized spacial score (nSPS) is 28.1. The van der Waals surface area contributed by atoms with Gasteiger partial charge in [0.25, 0.3) is 0 Å². The number of ether oxygens (including phenoxy) is 1. The summed E-state index contributed by atoms with van der Waals surface area (Å²) in [7, 11) is 4.18. The third-order valence-electron chi connectivity index (χ3n) is 7.16. The zero-order chi connectivity index (χ0) is 19.6. The number of likely N-dealkylation sites (N-methyl/N-ethyl adjacent to an activating group) is 1. The van der Waals surface area contributed by atoms with Gasteiger partial charge in [0.15, 0.2) is 0 Å². The van der Waals surface area contributed by atoms with Crippen LogP contribution in [-0.2, 0) is 11.3 Å². The van der Waals surface area contributed by atoms with Crippen LogP contribution >= 0.6 is 0 Å². The molecule has 0 aromatic heterocycles. The van der Waals surface area contributed by atoms with Crippen LogP contribution in [0.1, 0.15) is 50.5 Å². The van der Waals surface area contributed by atoms with Crippen molar-refractivity contribution in [3.05, 3.63) is 29.8 Å². The second-order valence-electron chi connectivity index (χ2n) is 9.09. The Balaban J connectivity index is 1.37. The van der Waals surface area contributed by atoms with Crippen LogP contribution < -0.4 is 4.74 Å². The maximum Gasteiger partial charge on any atom is 0.222 e. The molecule has 4 rings (SSSR count). The minimum absolute atomic E-state index is 0.129. The van der Waals surface area contributed by atoms with Gasteiger partial charge >= 0.3 is 0 Å². The van der Waals surface area contributed by atoms with E-state index >= 15 is 0 Å². The van der Waals surface area contributed by atoms with E-state index in [2.05, 4.69) is 41.1 Å². The lowest BCUT2D eigenvalue weighted by Gasteiger charge is -2.49. The molecule has 1 atom stereocenters. The maximum absolute atomic E-state index is 12.2. The first-order chi connectivity index (χ1) is 13.5. The molecule has 5 heteroatoms. The molecule has 2 heterocycles. The predicted molar refractivity (Wildman–Crippen MR) is 111 cm³/mol. The van der Waals surface area contributed by atoms with E-state index in [1.807, 2.05) is 11.9 Å². The topological polar surface area (TPSA) is 36.0 Å². The van der Waals surface area contributed by atoms with E-state index in [1.54, 1.807) is 0 Å². The van der Waals surface area contributed by atoms with Crippen molar-refractivity contribution in [1.29, 1.82) is 0 Å². The predicted octanol–water partition coefficient (Wildman–Crippen LogP) is 3.14. The number of benzene rings is 1. The number of nitrogens with zero attached hydrogens (tertiary/aromatic N) is 3. The summed E-state index contributed by atoms with van der Waals surface area (Å²) in [5.74, 6) is 1.30. The number of rotatable bonds is 4. The Morgan fingerprint density at radius 1 is 1.04 bits per heavy atom. The third kappa shape index (κ3) is 4.36. The van der Waals surface area contributed by atoms with Gasteiger partial charge in [0, 0.05) is 51.7 Å². The average molecular weight is 386 g/mol. The molecule has 1 aliphatic carbocycles. The molecule has 1 spiro atoms. The van der Waals surface area contributed by atoms with Crippen LogP contribution in [0, 0.1) is 0 Å². The molecule has 0 N–H and O–H groups in total. The molecule has 0 radical (unpaired) electrons. The summed E-state index contributed by atoms with van der Waals surface area (Å²) in [5, 5.41) is 0. The summed E-state index contributed by atoms with van der Waals surface area (Å²) >= 11 is 0. The molecule has 3 aliphatic rings. The van der Waals surface area contributed by atoms with E-state index in [0.717, 1.165) is 51.3 Å². The van der Waals surface area contributed by atoms with E-state index in [9.17, 15) is 4.79 Å². The van der Waals surface area contributed by atoms with Crippen molar-refractivity contribution in [3.8, 4) is 5.75 Å². The standard InChI is InChI=1S/C23H35N3O2/c1-24-14-13-23(12-11-22(24)27)18-26(16-15-25(23)2)17-19-7-9-21(10-8-19)28-20-5-3-4-6-20/h7-10,20H,3-6,11-18H2,1-2H3/t23-/m0/s1. The van der Waals surface area contributed by atoms with Crippen molar-refractivity contribution in [2.24, 2.45) is 0 Å². The fraction of sp³-hybridized carbons (Fsp3) is 0.696. The van der Waals surface area contributed by atoms with Crippen LogP contribution in [0.15, 0.2) is 24.3 Å². The Bertz CT molecular complexity index is 671. The highest BCUT2D eigenvalue weighted by Gasteiger charge is 2.41.